The van der Waals surface area contributed by atoms with Crippen LogP contribution in [0.15, 0.2) is 18.2 Å². The van der Waals surface area contributed by atoms with E-state index in [9.17, 15) is 14.4 Å². The SMILES string of the molecule is COC(=O)c1ccc(C2CCN([C@H]3C[C@H](OC4CCN(C(=O)OC(C)(C)C)CC4)C3)CC2(F)F)cc1C=O. The lowest BCUT2D eigenvalue weighted by Crippen LogP contribution is -2.57. The van der Waals surface area contributed by atoms with E-state index in [1.54, 1.807) is 4.90 Å². The summed E-state index contributed by atoms with van der Waals surface area (Å²) in [6.07, 6.45) is 3.48. The minimum atomic E-state index is -2.97. The average molecular weight is 537 g/mol. The van der Waals surface area contributed by atoms with Crippen LogP contribution in [0.2, 0.25) is 0 Å². The van der Waals surface area contributed by atoms with Gasteiger partial charge < -0.3 is 19.1 Å². The number of amides is 1. The molecule has 1 aromatic carbocycles. The molecule has 8 nitrogen and oxygen atoms in total. The summed E-state index contributed by atoms with van der Waals surface area (Å²) >= 11 is 0. The number of ether oxygens (including phenoxy) is 3. The number of hydrogen-bond acceptors (Lipinski definition) is 7. The highest BCUT2D eigenvalue weighted by molar-refractivity contribution is 5.98. The van der Waals surface area contributed by atoms with E-state index < -0.39 is 23.4 Å². The molecule has 2 heterocycles. The predicted octanol–water partition coefficient (Wildman–Crippen LogP) is 4.66. The van der Waals surface area contributed by atoms with Gasteiger partial charge in [0.15, 0.2) is 6.29 Å². The second-order valence-corrected chi connectivity index (χ2v) is 11.6. The highest BCUT2D eigenvalue weighted by Gasteiger charge is 2.49. The van der Waals surface area contributed by atoms with Gasteiger partial charge in [-0.1, -0.05) is 6.07 Å². The van der Waals surface area contributed by atoms with Gasteiger partial charge in [0.05, 0.1) is 37.3 Å². The topological polar surface area (TPSA) is 85.4 Å². The molecule has 210 valence electrons. The third-order valence-electron chi connectivity index (χ3n) is 7.70. The fraction of sp³-hybridized carbons (Fsp3) is 0.679. The number of rotatable bonds is 6. The molecule has 2 aliphatic heterocycles. The summed E-state index contributed by atoms with van der Waals surface area (Å²) in [4.78, 5) is 39.1. The predicted molar refractivity (Wildman–Crippen MR) is 136 cm³/mol. The number of likely N-dealkylation sites (tertiary alicyclic amines) is 2. The summed E-state index contributed by atoms with van der Waals surface area (Å²) in [5, 5.41) is 0. The molecule has 0 spiro atoms. The Labute approximate surface area is 222 Å². The highest BCUT2D eigenvalue weighted by atomic mass is 19.3. The van der Waals surface area contributed by atoms with Gasteiger partial charge in [-0.25, -0.2) is 18.4 Å². The summed E-state index contributed by atoms with van der Waals surface area (Å²) in [6, 6.07) is 4.32. The third kappa shape index (κ3) is 6.51. The molecule has 1 atom stereocenters. The van der Waals surface area contributed by atoms with Gasteiger partial charge in [0.1, 0.15) is 5.60 Å². The van der Waals surface area contributed by atoms with Crippen LogP contribution in [-0.4, -0.2) is 91.2 Å². The molecule has 1 aliphatic carbocycles. The number of carbonyl (C=O) groups is 3. The van der Waals surface area contributed by atoms with E-state index in [-0.39, 0.29) is 48.4 Å². The molecule has 10 heteroatoms. The lowest BCUT2D eigenvalue weighted by atomic mass is 9.81. The van der Waals surface area contributed by atoms with Crippen LogP contribution in [0.5, 0.6) is 0 Å². The second kappa shape index (κ2) is 11.3. The van der Waals surface area contributed by atoms with Crippen LogP contribution in [0.4, 0.5) is 13.6 Å². The van der Waals surface area contributed by atoms with Crippen molar-refractivity contribution in [1.29, 1.82) is 0 Å². The molecule has 4 rings (SSSR count). The van der Waals surface area contributed by atoms with Crippen molar-refractivity contribution >= 4 is 18.3 Å². The Morgan fingerprint density at radius 2 is 1.74 bits per heavy atom. The Balaban J connectivity index is 1.24. The van der Waals surface area contributed by atoms with Crippen LogP contribution < -0.4 is 0 Å². The lowest BCUT2D eigenvalue weighted by Gasteiger charge is -2.48. The maximum absolute atomic E-state index is 15.3. The van der Waals surface area contributed by atoms with E-state index in [0.29, 0.717) is 31.5 Å². The van der Waals surface area contributed by atoms with Crippen molar-refractivity contribution in [3.8, 4) is 0 Å². The molecule has 0 N–H and O–H groups in total. The number of alkyl halides is 2. The number of hydrogen-bond donors (Lipinski definition) is 0. The fourth-order valence-electron chi connectivity index (χ4n) is 5.60. The zero-order chi connectivity index (χ0) is 27.7. The first-order valence-electron chi connectivity index (χ1n) is 13.3. The number of halogens is 2. The number of esters is 1. The smallest absolute Gasteiger partial charge is 0.410 e. The van der Waals surface area contributed by atoms with Crippen LogP contribution in [-0.2, 0) is 14.2 Å². The largest absolute Gasteiger partial charge is 0.465 e. The van der Waals surface area contributed by atoms with Crippen LogP contribution in [0.1, 0.15) is 85.1 Å². The molecule has 3 fully saturated rings. The first kappa shape index (κ1) is 28.4. The molecule has 0 bridgehead atoms. The van der Waals surface area contributed by atoms with Crippen molar-refractivity contribution in [2.24, 2.45) is 0 Å². The van der Waals surface area contributed by atoms with Gasteiger partial charge >= 0.3 is 12.1 Å². The van der Waals surface area contributed by atoms with E-state index in [0.717, 1.165) is 25.7 Å². The number of aldehydes is 1. The number of piperidine rings is 2. The minimum Gasteiger partial charge on any atom is -0.465 e. The second-order valence-electron chi connectivity index (χ2n) is 11.6. The molecule has 38 heavy (non-hydrogen) atoms. The highest BCUT2D eigenvalue weighted by Crippen LogP contribution is 2.43. The van der Waals surface area contributed by atoms with Crippen molar-refractivity contribution < 1.29 is 37.4 Å². The number of benzene rings is 1. The lowest BCUT2D eigenvalue weighted by molar-refractivity contribution is -0.138. The van der Waals surface area contributed by atoms with E-state index in [4.69, 9.17) is 9.47 Å². The zero-order valence-corrected chi connectivity index (χ0v) is 22.6. The Morgan fingerprint density at radius 3 is 2.32 bits per heavy atom. The quantitative estimate of drug-likeness (QED) is 0.386. The normalized spacial score (nSPS) is 26.4. The standard InChI is InChI=1S/C28H38F2N2O6/c1-27(2,3)38-26(35)31-10-7-21(8-11-31)37-22-14-20(15-22)32-12-9-24(28(29,30)17-32)18-5-6-23(25(34)36-4)19(13-18)16-33/h5-6,13,16,20-22,24H,7-12,14-15,17H2,1-4H3/t20-,22-,24?. The summed E-state index contributed by atoms with van der Waals surface area (Å²) in [6.45, 7) is 6.89. The number of nitrogens with zero attached hydrogens (tertiary/aromatic N) is 2. The molecular formula is C28H38F2N2O6. The van der Waals surface area contributed by atoms with Gasteiger partial charge in [-0.05, 0) is 77.1 Å². The molecule has 1 amide bonds. The third-order valence-corrected chi connectivity index (χ3v) is 7.70. The number of carbonyl (C=O) groups excluding carboxylic acids is 3. The first-order chi connectivity index (χ1) is 17.9. The molecule has 2 saturated heterocycles. The monoisotopic (exact) mass is 536 g/mol. The molecule has 0 aromatic heterocycles. The maximum atomic E-state index is 15.3. The van der Waals surface area contributed by atoms with Gasteiger partial charge in [0.25, 0.3) is 5.92 Å². The van der Waals surface area contributed by atoms with Gasteiger partial charge in [-0.15, -0.1) is 0 Å². The van der Waals surface area contributed by atoms with E-state index in [2.05, 4.69) is 4.74 Å². The van der Waals surface area contributed by atoms with Crippen molar-refractivity contribution in [2.75, 3.05) is 33.3 Å². The van der Waals surface area contributed by atoms with Crippen molar-refractivity contribution in [1.82, 2.24) is 9.80 Å². The number of methoxy groups -OCH3 is 1. The van der Waals surface area contributed by atoms with Crippen molar-refractivity contribution in [3.63, 3.8) is 0 Å². The van der Waals surface area contributed by atoms with E-state index in [1.165, 1.54) is 25.3 Å². The van der Waals surface area contributed by atoms with Crippen LogP contribution in [0, 0.1) is 0 Å². The van der Waals surface area contributed by atoms with E-state index >= 15 is 8.78 Å². The molecule has 1 aromatic rings. The summed E-state index contributed by atoms with van der Waals surface area (Å²) in [5.74, 6) is -4.66. The van der Waals surface area contributed by atoms with Gasteiger partial charge in [-0.2, -0.15) is 0 Å². The summed E-state index contributed by atoms with van der Waals surface area (Å²) in [7, 11) is 1.21. The fourth-order valence-corrected chi connectivity index (χ4v) is 5.60. The Kier molecular flexibility index (Phi) is 8.42. The Morgan fingerprint density at radius 1 is 1.05 bits per heavy atom. The Bertz CT molecular complexity index is 1030. The van der Waals surface area contributed by atoms with E-state index in [1.807, 2.05) is 25.7 Å². The van der Waals surface area contributed by atoms with Gasteiger partial charge in [0.2, 0.25) is 0 Å². The van der Waals surface area contributed by atoms with Crippen LogP contribution >= 0.6 is 0 Å². The zero-order valence-electron chi connectivity index (χ0n) is 22.6. The van der Waals surface area contributed by atoms with Crippen molar-refractivity contribution in [2.45, 2.75) is 88.6 Å². The molecule has 0 radical (unpaired) electrons. The van der Waals surface area contributed by atoms with Crippen LogP contribution in [0.3, 0.4) is 0 Å². The average Bonchev–Trinajstić information content (AvgIpc) is 2.83. The summed E-state index contributed by atoms with van der Waals surface area (Å²) < 4.78 is 46.9. The summed E-state index contributed by atoms with van der Waals surface area (Å²) in [5.41, 5.74) is -0.0343. The van der Waals surface area contributed by atoms with Gasteiger partial charge in [0, 0.05) is 24.7 Å². The molecule has 3 aliphatic rings. The van der Waals surface area contributed by atoms with Crippen LogP contribution in [0.25, 0.3) is 0 Å². The Hall–Kier alpha value is -2.59. The van der Waals surface area contributed by atoms with Crippen molar-refractivity contribution in [3.05, 3.63) is 34.9 Å². The maximum Gasteiger partial charge on any atom is 0.410 e. The molecule has 1 saturated carbocycles. The molecular weight excluding hydrogens is 498 g/mol. The van der Waals surface area contributed by atoms with Gasteiger partial charge in [-0.3, -0.25) is 9.69 Å². The first-order valence-corrected chi connectivity index (χ1v) is 13.3. The molecule has 1 unspecified atom stereocenters. The minimum absolute atomic E-state index is 0.0467.